The second-order valence-electron chi connectivity index (χ2n) is 6.99. The summed E-state index contributed by atoms with van der Waals surface area (Å²) in [6.45, 7) is 8.94. The van der Waals surface area contributed by atoms with E-state index in [-0.39, 0.29) is 12.1 Å². The van der Waals surface area contributed by atoms with Crippen molar-refractivity contribution in [3.05, 3.63) is 48.3 Å². The van der Waals surface area contributed by atoms with Gasteiger partial charge in [-0.3, -0.25) is 0 Å². The molecular weight excluding hydrogens is 316 g/mol. The molecule has 0 saturated carbocycles. The maximum atomic E-state index is 11.7. The first kappa shape index (κ1) is 19.0. The van der Waals surface area contributed by atoms with Gasteiger partial charge in [-0.25, -0.2) is 9.48 Å². The molecule has 1 unspecified atom stereocenters. The highest BCUT2D eigenvalue weighted by molar-refractivity contribution is 5.67. The molecule has 0 aliphatic carbocycles. The predicted octanol–water partition coefficient (Wildman–Crippen LogP) is 3.27. The maximum Gasteiger partial charge on any atom is 0.407 e. The van der Waals surface area contributed by atoms with Crippen LogP contribution in [0.4, 0.5) is 4.79 Å². The quantitative estimate of drug-likeness (QED) is 0.809. The zero-order valence-electron chi connectivity index (χ0n) is 15.5. The Kier molecular flexibility index (Phi) is 6.58. The Hall–Kier alpha value is -2.34. The van der Waals surface area contributed by atoms with Crippen molar-refractivity contribution in [3.8, 4) is 5.69 Å². The molecule has 0 fully saturated rings. The van der Waals surface area contributed by atoms with Crippen molar-refractivity contribution in [1.29, 1.82) is 0 Å². The molecule has 1 heterocycles. The number of hydrogen-bond acceptors (Lipinski definition) is 4. The van der Waals surface area contributed by atoms with Crippen LogP contribution in [0.3, 0.4) is 0 Å². The molecule has 25 heavy (non-hydrogen) atoms. The summed E-state index contributed by atoms with van der Waals surface area (Å²) < 4.78 is 7.09. The summed E-state index contributed by atoms with van der Waals surface area (Å²) in [4.78, 5) is 11.7. The van der Waals surface area contributed by atoms with Crippen LogP contribution in [-0.2, 0) is 11.3 Å². The minimum absolute atomic E-state index is 0.193. The van der Waals surface area contributed by atoms with Gasteiger partial charge in [0, 0.05) is 31.5 Å². The number of carbonyl (C=O) groups is 1. The van der Waals surface area contributed by atoms with Crippen molar-refractivity contribution >= 4 is 6.09 Å². The van der Waals surface area contributed by atoms with Crippen molar-refractivity contribution in [2.24, 2.45) is 0 Å². The average molecular weight is 344 g/mol. The van der Waals surface area contributed by atoms with Crippen LogP contribution < -0.4 is 10.6 Å². The Morgan fingerprint density at radius 2 is 2.00 bits per heavy atom. The lowest BCUT2D eigenvalue weighted by atomic mass is 10.1. The first-order valence-electron chi connectivity index (χ1n) is 8.66. The fourth-order valence-electron chi connectivity index (χ4n) is 2.33. The van der Waals surface area contributed by atoms with E-state index in [0.29, 0.717) is 6.54 Å². The highest BCUT2D eigenvalue weighted by atomic mass is 16.6. The first-order valence-corrected chi connectivity index (χ1v) is 8.66. The highest BCUT2D eigenvalue weighted by Crippen LogP contribution is 2.09. The molecule has 0 spiro atoms. The standard InChI is InChI=1S/C19H28N4O2/c1-5-16(14-21-18(24)25-19(2,3)4)20-13-15-7-9-17(10-8-15)23-12-6-11-22-23/h6-12,16,20H,5,13-14H2,1-4H3,(H,21,24). The van der Waals surface area contributed by atoms with E-state index >= 15 is 0 Å². The summed E-state index contributed by atoms with van der Waals surface area (Å²) in [6.07, 6.45) is 4.22. The molecule has 6 nitrogen and oxygen atoms in total. The lowest BCUT2D eigenvalue weighted by molar-refractivity contribution is 0.0522. The van der Waals surface area contributed by atoms with Crippen LogP contribution in [0.1, 0.15) is 39.7 Å². The van der Waals surface area contributed by atoms with Gasteiger partial charge in [-0.1, -0.05) is 19.1 Å². The van der Waals surface area contributed by atoms with Gasteiger partial charge < -0.3 is 15.4 Å². The van der Waals surface area contributed by atoms with E-state index in [4.69, 9.17) is 4.74 Å². The molecule has 0 radical (unpaired) electrons. The summed E-state index contributed by atoms with van der Waals surface area (Å²) >= 11 is 0. The number of alkyl carbamates (subject to hydrolysis) is 1. The van der Waals surface area contributed by atoms with Crippen molar-refractivity contribution in [2.75, 3.05) is 6.54 Å². The van der Waals surface area contributed by atoms with E-state index in [1.807, 2.05) is 49.8 Å². The number of carbonyl (C=O) groups excluding carboxylic acids is 1. The van der Waals surface area contributed by atoms with Crippen LogP contribution >= 0.6 is 0 Å². The number of hydrogen-bond donors (Lipinski definition) is 2. The number of amides is 1. The lowest BCUT2D eigenvalue weighted by Gasteiger charge is -2.22. The number of nitrogens with one attached hydrogen (secondary N) is 2. The SMILES string of the molecule is CCC(CNC(=O)OC(C)(C)C)NCc1ccc(-n2cccn2)cc1. The van der Waals surface area contributed by atoms with Crippen LogP contribution in [0, 0.1) is 0 Å². The highest BCUT2D eigenvalue weighted by Gasteiger charge is 2.16. The molecule has 136 valence electrons. The van der Waals surface area contributed by atoms with Gasteiger partial charge in [0.25, 0.3) is 0 Å². The zero-order valence-corrected chi connectivity index (χ0v) is 15.5. The zero-order chi connectivity index (χ0) is 18.3. The number of nitrogens with zero attached hydrogens (tertiary/aromatic N) is 2. The Morgan fingerprint density at radius 3 is 2.56 bits per heavy atom. The topological polar surface area (TPSA) is 68.2 Å². The second-order valence-corrected chi connectivity index (χ2v) is 6.99. The second kappa shape index (κ2) is 8.67. The van der Waals surface area contributed by atoms with Gasteiger partial charge in [0.05, 0.1) is 5.69 Å². The molecule has 1 amide bonds. The fraction of sp³-hybridized carbons (Fsp3) is 0.474. The van der Waals surface area contributed by atoms with Crippen LogP contribution in [0.15, 0.2) is 42.7 Å². The number of ether oxygens (including phenoxy) is 1. The van der Waals surface area contributed by atoms with Crippen molar-refractivity contribution < 1.29 is 9.53 Å². The minimum Gasteiger partial charge on any atom is -0.444 e. The Labute approximate surface area is 149 Å². The predicted molar refractivity (Wildman–Crippen MR) is 98.7 cm³/mol. The molecule has 2 aromatic rings. The van der Waals surface area contributed by atoms with E-state index in [2.05, 4.69) is 34.8 Å². The van der Waals surface area contributed by atoms with Crippen molar-refractivity contribution in [3.63, 3.8) is 0 Å². The number of rotatable bonds is 7. The van der Waals surface area contributed by atoms with Gasteiger partial charge >= 0.3 is 6.09 Å². The number of aromatic nitrogens is 2. The monoisotopic (exact) mass is 344 g/mol. The van der Waals surface area contributed by atoms with Crippen LogP contribution in [-0.4, -0.2) is 34.1 Å². The Balaban J connectivity index is 1.79. The molecule has 0 aliphatic heterocycles. The van der Waals surface area contributed by atoms with E-state index in [1.165, 1.54) is 5.56 Å². The van der Waals surface area contributed by atoms with Crippen LogP contribution in [0.2, 0.25) is 0 Å². The third-order valence-electron chi connectivity index (χ3n) is 3.68. The lowest BCUT2D eigenvalue weighted by Crippen LogP contribution is -2.42. The minimum atomic E-state index is -0.477. The summed E-state index contributed by atoms with van der Waals surface area (Å²) in [5, 5.41) is 10.5. The molecule has 0 aliphatic rings. The van der Waals surface area contributed by atoms with E-state index in [0.717, 1.165) is 18.7 Å². The average Bonchev–Trinajstić information content (AvgIpc) is 3.08. The van der Waals surface area contributed by atoms with Gasteiger partial charge in [0.2, 0.25) is 0 Å². The van der Waals surface area contributed by atoms with Gasteiger partial charge in [-0.05, 0) is 51.0 Å². The molecule has 2 N–H and O–H groups in total. The van der Waals surface area contributed by atoms with Gasteiger partial charge in [0.15, 0.2) is 0 Å². The first-order chi connectivity index (χ1) is 11.9. The van der Waals surface area contributed by atoms with Crippen molar-refractivity contribution in [2.45, 2.75) is 52.3 Å². The normalized spacial score (nSPS) is 12.6. The summed E-state index contributed by atoms with van der Waals surface area (Å²) in [7, 11) is 0. The third kappa shape index (κ3) is 6.58. The van der Waals surface area contributed by atoms with E-state index in [1.54, 1.807) is 6.20 Å². The third-order valence-corrected chi connectivity index (χ3v) is 3.68. The van der Waals surface area contributed by atoms with E-state index in [9.17, 15) is 4.79 Å². The molecule has 1 aromatic carbocycles. The summed E-state index contributed by atoms with van der Waals surface area (Å²) in [6, 6.07) is 10.3. The molecule has 2 rings (SSSR count). The van der Waals surface area contributed by atoms with Gasteiger partial charge in [-0.15, -0.1) is 0 Å². The van der Waals surface area contributed by atoms with Crippen molar-refractivity contribution in [1.82, 2.24) is 20.4 Å². The fourth-order valence-corrected chi connectivity index (χ4v) is 2.33. The summed E-state index contributed by atoms with van der Waals surface area (Å²) in [5.41, 5.74) is 1.74. The smallest absolute Gasteiger partial charge is 0.407 e. The largest absolute Gasteiger partial charge is 0.444 e. The van der Waals surface area contributed by atoms with Gasteiger partial charge in [0.1, 0.15) is 5.60 Å². The number of benzene rings is 1. The van der Waals surface area contributed by atoms with Crippen LogP contribution in [0.25, 0.3) is 5.69 Å². The van der Waals surface area contributed by atoms with Crippen LogP contribution in [0.5, 0.6) is 0 Å². The van der Waals surface area contributed by atoms with Gasteiger partial charge in [-0.2, -0.15) is 5.10 Å². The summed E-state index contributed by atoms with van der Waals surface area (Å²) in [5.74, 6) is 0. The molecule has 1 atom stereocenters. The molecule has 0 saturated heterocycles. The Bertz CT molecular complexity index is 645. The molecule has 6 heteroatoms. The molecule has 1 aromatic heterocycles. The van der Waals surface area contributed by atoms with E-state index < -0.39 is 5.60 Å². The molecular formula is C19H28N4O2. The maximum absolute atomic E-state index is 11.7. The Morgan fingerprint density at radius 1 is 1.28 bits per heavy atom. The molecule has 0 bridgehead atoms.